The zero-order valence-electron chi connectivity index (χ0n) is 13.7. The Labute approximate surface area is 175 Å². The van der Waals surface area contributed by atoms with E-state index in [0.717, 1.165) is 6.08 Å². The highest BCUT2D eigenvalue weighted by atomic mass is 35.5. The molecule has 1 aliphatic heterocycles. The predicted molar refractivity (Wildman–Crippen MR) is 108 cm³/mol. The molecule has 7 nitrogen and oxygen atoms in total. The Balaban J connectivity index is 2.01. The van der Waals surface area contributed by atoms with Gasteiger partial charge in [-0.05, 0) is 60.8 Å². The highest BCUT2D eigenvalue weighted by molar-refractivity contribution is 7.87. The van der Waals surface area contributed by atoms with E-state index in [1.54, 1.807) is 0 Å². The summed E-state index contributed by atoms with van der Waals surface area (Å²) in [6.45, 7) is 0. The number of carbonyl (C=O) groups excluding carboxylic acids is 2. The van der Waals surface area contributed by atoms with Crippen LogP contribution in [-0.2, 0) is 19.7 Å². The van der Waals surface area contributed by atoms with Crippen LogP contribution in [0.1, 0.15) is 5.56 Å². The Morgan fingerprint density at radius 1 is 0.929 bits per heavy atom. The van der Waals surface area contributed by atoms with Crippen LogP contribution in [0.5, 0.6) is 5.75 Å². The van der Waals surface area contributed by atoms with Crippen molar-refractivity contribution in [3.8, 4) is 5.75 Å². The Hall–Kier alpha value is -2.46. The van der Waals surface area contributed by atoms with Gasteiger partial charge in [0.15, 0.2) is 5.11 Å². The summed E-state index contributed by atoms with van der Waals surface area (Å²) >= 11 is 16.5. The highest BCUT2D eigenvalue weighted by Crippen LogP contribution is 2.29. The number of amides is 2. The Bertz CT molecular complexity index is 1110. The molecular formula is C17H10Cl2N2O5S2. The van der Waals surface area contributed by atoms with Crippen LogP contribution in [0.15, 0.2) is 52.9 Å². The molecule has 1 aliphatic rings. The molecule has 0 unspecified atom stereocenters. The Morgan fingerprint density at radius 3 is 2.11 bits per heavy atom. The average Bonchev–Trinajstić information content (AvgIpc) is 2.60. The first kappa shape index (κ1) is 20.3. The van der Waals surface area contributed by atoms with Gasteiger partial charge in [0.05, 0.1) is 0 Å². The molecule has 2 aromatic rings. The van der Waals surface area contributed by atoms with E-state index in [4.69, 9.17) is 39.6 Å². The number of benzene rings is 2. The second-order valence-corrected chi connectivity index (χ2v) is 8.30. The minimum Gasteiger partial charge on any atom is -0.378 e. The second-order valence-electron chi connectivity index (χ2n) is 5.47. The maximum atomic E-state index is 12.5. The third-order valence-electron chi connectivity index (χ3n) is 3.52. The lowest BCUT2D eigenvalue weighted by atomic mass is 10.1. The van der Waals surface area contributed by atoms with Gasteiger partial charge < -0.3 is 4.18 Å². The van der Waals surface area contributed by atoms with Crippen molar-refractivity contribution in [2.24, 2.45) is 0 Å². The van der Waals surface area contributed by atoms with Crippen LogP contribution in [0, 0.1) is 0 Å². The van der Waals surface area contributed by atoms with Crippen LogP contribution in [0.25, 0.3) is 6.08 Å². The fourth-order valence-corrected chi connectivity index (χ4v) is 3.68. The van der Waals surface area contributed by atoms with Crippen molar-refractivity contribution >= 4 is 68.5 Å². The van der Waals surface area contributed by atoms with Crippen LogP contribution >= 0.6 is 35.4 Å². The molecule has 2 N–H and O–H groups in total. The molecule has 1 saturated heterocycles. The molecule has 0 spiro atoms. The highest BCUT2D eigenvalue weighted by Gasteiger charge is 2.27. The molecule has 1 heterocycles. The van der Waals surface area contributed by atoms with Crippen molar-refractivity contribution in [2.45, 2.75) is 4.90 Å². The van der Waals surface area contributed by atoms with Crippen LogP contribution in [0.4, 0.5) is 0 Å². The lowest BCUT2D eigenvalue weighted by molar-refractivity contribution is -0.123. The average molecular weight is 457 g/mol. The van der Waals surface area contributed by atoms with E-state index < -0.39 is 21.9 Å². The van der Waals surface area contributed by atoms with Gasteiger partial charge in [-0.2, -0.15) is 8.42 Å². The van der Waals surface area contributed by atoms with E-state index in [1.165, 1.54) is 42.5 Å². The van der Waals surface area contributed by atoms with Crippen LogP contribution in [-0.4, -0.2) is 25.3 Å². The molecule has 0 aliphatic carbocycles. The zero-order chi connectivity index (χ0) is 20.5. The van der Waals surface area contributed by atoms with E-state index in [1.807, 2.05) is 0 Å². The first-order valence-electron chi connectivity index (χ1n) is 7.54. The minimum atomic E-state index is -4.19. The Kier molecular flexibility index (Phi) is 5.71. The number of rotatable bonds is 4. The molecule has 1 fully saturated rings. The van der Waals surface area contributed by atoms with E-state index in [0.29, 0.717) is 5.02 Å². The summed E-state index contributed by atoms with van der Waals surface area (Å²) in [5.41, 5.74) is -0.178. The number of hydrogen-bond donors (Lipinski definition) is 2. The van der Waals surface area contributed by atoms with Crippen molar-refractivity contribution < 1.29 is 22.2 Å². The molecule has 0 radical (unpaired) electrons. The summed E-state index contributed by atoms with van der Waals surface area (Å²) in [4.78, 5) is 23.9. The van der Waals surface area contributed by atoms with Crippen LogP contribution < -0.4 is 14.8 Å². The maximum Gasteiger partial charge on any atom is 0.339 e. The van der Waals surface area contributed by atoms with Crippen molar-refractivity contribution in [2.75, 3.05) is 0 Å². The van der Waals surface area contributed by atoms with E-state index in [-0.39, 0.29) is 31.9 Å². The van der Waals surface area contributed by atoms with E-state index >= 15 is 0 Å². The smallest absolute Gasteiger partial charge is 0.339 e. The fraction of sp³-hybridized carbons (Fsp3) is 0. The molecule has 28 heavy (non-hydrogen) atoms. The van der Waals surface area contributed by atoms with Crippen molar-refractivity contribution in [3.63, 3.8) is 0 Å². The molecule has 0 bridgehead atoms. The summed E-state index contributed by atoms with van der Waals surface area (Å²) in [7, 11) is -4.19. The number of halogens is 2. The van der Waals surface area contributed by atoms with Gasteiger partial charge in [-0.3, -0.25) is 20.2 Å². The van der Waals surface area contributed by atoms with Crippen molar-refractivity contribution in [1.82, 2.24) is 10.6 Å². The van der Waals surface area contributed by atoms with Gasteiger partial charge in [-0.1, -0.05) is 23.2 Å². The van der Waals surface area contributed by atoms with Crippen LogP contribution in [0.2, 0.25) is 10.0 Å². The number of nitrogens with one attached hydrogen (secondary N) is 2. The van der Waals surface area contributed by atoms with Crippen molar-refractivity contribution in [1.29, 1.82) is 0 Å². The zero-order valence-corrected chi connectivity index (χ0v) is 16.9. The topological polar surface area (TPSA) is 102 Å². The SMILES string of the molecule is O=C1NC(=S)NC(=O)C1=Cc1cc(Cl)ccc1OS(=O)(=O)c1ccc(Cl)cc1. The monoisotopic (exact) mass is 456 g/mol. The Morgan fingerprint density at radius 2 is 1.50 bits per heavy atom. The molecule has 11 heteroatoms. The summed E-state index contributed by atoms with van der Waals surface area (Å²) < 4.78 is 30.2. The minimum absolute atomic E-state index is 0.109. The van der Waals surface area contributed by atoms with Gasteiger partial charge >= 0.3 is 10.1 Å². The van der Waals surface area contributed by atoms with Gasteiger partial charge in [0.25, 0.3) is 11.8 Å². The van der Waals surface area contributed by atoms with Gasteiger partial charge in [0.2, 0.25) is 0 Å². The first-order chi connectivity index (χ1) is 13.2. The molecule has 3 rings (SSSR count). The summed E-state index contributed by atoms with van der Waals surface area (Å²) in [5.74, 6) is -1.60. The third-order valence-corrected chi connectivity index (χ3v) is 5.46. The predicted octanol–water partition coefficient (Wildman–Crippen LogP) is 2.68. The molecule has 2 aromatic carbocycles. The van der Waals surface area contributed by atoms with Crippen molar-refractivity contribution in [3.05, 3.63) is 63.6 Å². The van der Waals surface area contributed by atoms with Gasteiger partial charge in [-0.25, -0.2) is 0 Å². The van der Waals surface area contributed by atoms with Crippen LogP contribution in [0.3, 0.4) is 0 Å². The molecule has 0 aromatic heterocycles. The largest absolute Gasteiger partial charge is 0.378 e. The molecular weight excluding hydrogens is 447 g/mol. The number of carbonyl (C=O) groups is 2. The fourth-order valence-electron chi connectivity index (χ4n) is 2.24. The summed E-state index contributed by atoms with van der Waals surface area (Å²) in [6, 6.07) is 9.46. The maximum absolute atomic E-state index is 12.5. The number of thiocarbonyl (C=S) groups is 1. The van der Waals surface area contributed by atoms with E-state index in [2.05, 4.69) is 10.6 Å². The molecule has 0 atom stereocenters. The lowest BCUT2D eigenvalue weighted by Gasteiger charge is -2.17. The van der Waals surface area contributed by atoms with Gasteiger partial charge in [0.1, 0.15) is 16.2 Å². The third kappa shape index (κ3) is 4.50. The molecule has 144 valence electrons. The van der Waals surface area contributed by atoms with Gasteiger partial charge in [0, 0.05) is 15.6 Å². The molecule has 2 amide bonds. The summed E-state index contributed by atoms with van der Waals surface area (Å²) in [5, 5.41) is 5.05. The standard InChI is InChI=1S/C17H10Cl2N2O5S2/c18-10-1-4-12(5-2-10)28(24,25)26-14-6-3-11(19)7-9(14)8-13-15(22)20-17(27)21-16(13)23/h1-8H,(H2,20,21,22,23,27). The summed E-state index contributed by atoms with van der Waals surface area (Å²) in [6.07, 6.45) is 1.16. The normalized spacial score (nSPS) is 14.4. The first-order valence-corrected chi connectivity index (χ1v) is 10.1. The quantitative estimate of drug-likeness (QED) is 0.317. The lowest BCUT2D eigenvalue weighted by Crippen LogP contribution is -2.51. The second kappa shape index (κ2) is 7.88. The number of hydrogen-bond acceptors (Lipinski definition) is 6. The van der Waals surface area contributed by atoms with Gasteiger partial charge in [-0.15, -0.1) is 0 Å². The molecule has 0 saturated carbocycles. The van der Waals surface area contributed by atoms with E-state index in [9.17, 15) is 18.0 Å².